The van der Waals surface area contributed by atoms with Gasteiger partial charge in [-0.1, -0.05) is 0 Å². The van der Waals surface area contributed by atoms with Crippen molar-refractivity contribution in [1.29, 1.82) is 0 Å². The molecule has 0 spiro atoms. The average Bonchev–Trinajstić information content (AvgIpc) is 2.89. The van der Waals surface area contributed by atoms with Gasteiger partial charge in [0.05, 0.1) is 0 Å². The quantitative estimate of drug-likeness (QED) is 0.0874. The Labute approximate surface area is 213 Å². The first-order valence-electron chi connectivity index (χ1n) is 12.1. The van der Waals surface area contributed by atoms with Crippen LogP contribution in [0.2, 0.25) is 0 Å². The molecular weight excluding hydrogens is 538 g/mol. The topological polar surface area (TPSA) is 18.5 Å². The number of unbranched alkanes of at least 4 members (excludes halogenated alkanes) is 5. The Morgan fingerprint density at radius 1 is 0.576 bits per heavy atom. The summed E-state index contributed by atoms with van der Waals surface area (Å²) in [6.45, 7) is 0. The van der Waals surface area contributed by atoms with Gasteiger partial charge >= 0.3 is 214 Å². The fourth-order valence-electron chi connectivity index (χ4n) is 4.81. The number of ether oxygens (including phenoxy) is 2. The zero-order valence-corrected chi connectivity index (χ0v) is 23.1. The van der Waals surface area contributed by atoms with Crippen LogP contribution in [0.5, 0.6) is 0 Å². The molecule has 0 heterocycles. The standard InChI is InChI=1S/C29H38IO2P/c1-31-29(32-2)24-16-5-3-4-6-17-25-33(30,26-18-10-7-11-19-26,27-20-12-8-13-21-27)28-22-14-9-15-23-28/h7-15,18-23,29H,3-6,16-17,24-25H2,1-2H3. The molecule has 2 nitrogen and oxygen atoms in total. The maximum atomic E-state index is 5.30. The van der Waals surface area contributed by atoms with Gasteiger partial charge < -0.3 is 0 Å². The Morgan fingerprint density at radius 2 is 0.939 bits per heavy atom. The van der Waals surface area contributed by atoms with Crippen molar-refractivity contribution in [2.24, 2.45) is 0 Å². The van der Waals surface area contributed by atoms with Crippen LogP contribution in [0.3, 0.4) is 0 Å². The number of hydrogen-bond donors (Lipinski definition) is 0. The first-order chi connectivity index (χ1) is 16.1. The normalized spacial score (nSPS) is 13.0. The van der Waals surface area contributed by atoms with E-state index in [1.54, 1.807) is 14.2 Å². The van der Waals surface area contributed by atoms with Crippen LogP contribution >= 0.6 is 26.3 Å². The van der Waals surface area contributed by atoms with Gasteiger partial charge in [0.2, 0.25) is 0 Å². The summed E-state index contributed by atoms with van der Waals surface area (Å²) in [7, 11) is 3.44. The van der Waals surface area contributed by atoms with Gasteiger partial charge in [-0.3, -0.25) is 0 Å². The van der Waals surface area contributed by atoms with E-state index in [2.05, 4.69) is 113 Å². The van der Waals surface area contributed by atoms with Crippen LogP contribution in [0.4, 0.5) is 0 Å². The molecule has 178 valence electrons. The number of halogens is 1. The monoisotopic (exact) mass is 576 g/mol. The molecule has 0 saturated heterocycles. The zero-order chi connectivity index (χ0) is 23.4. The van der Waals surface area contributed by atoms with E-state index in [-0.39, 0.29) is 6.29 Å². The second-order valence-corrected chi connectivity index (χ2v) is 19.5. The van der Waals surface area contributed by atoms with Crippen LogP contribution in [0.15, 0.2) is 91.0 Å². The van der Waals surface area contributed by atoms with Crippen molar-refractivity contribution in [3.63, 3.8) is 0 Å². The van der Waals surface area contributed by atoms with E-state index in [9.17, 15) is 0 Å². The van der Waals surface area contributed by atoms with Gasteiger partial charge in [0.1, 0.15) is 0 Å². The van der Waals surface area contributed by atoms with Crippen molar-refractivity contribution in [3.05, 3.63) is 91.0 Å². The summed E-state index contributed by atoms with van der Waals surface area (Å²) in [6.07, 6.45) is 9.59. The van der Waals surface area contributed by atoms with Crippen LogP contribution in [-0.2, 0) is 9.47 Å². The summed E-state index contributed by atoms with van der Waals surface area (Å²) >= 11 is 2.90. The number of hydrogen-bond acceptors (Lipinski definition) is 2. The fourth-order valence-corrected chi connectivity index (χ4v) is 13.6. The van der Waals surface area contributed by atoms with E-state index in [4.69, 9.17) is 9.47 Å². The summed E-state index contributed by atoms with van der Waals surface area (Å²) < 4.78 is 8.00. The third-order valence-electron chi connectivity index (χ3n) is 6.68. The third kappa shape index (κ3) is 6.25. The molecule has 4 heteroatoms. The van der Waals surface area contributed by atoms with Gasteiger partial charge in [-0.15, -0.1) is 0 Å². The number of benzene rings is 3. The Balaban J connectivity index is 1.77. The molecule has 0 radical (unpaired) electrons. The SMILES string of the molecule is COC(CCCCCCCCP(I)(c1ccccc1)(c1ccccc1)c1ccccc1)OC. The van der Waals surface area contributed by atoms with Gasteiger partial charge in [-0.25, -0.2) is 0 Å². The second kappa shape index (κ2) is 13.0. The molecule has 0 aliphatic heterocycles. The van der Waals surface area contributed by atoms with Crippen molar-refractivity contribution in [2.75, 3.05) is 20.4 Å². The first kappa shape index (κ1) is 26.3. The summed E-state index contributed by atoms with van der Waals surface area (Å²) in [5.74, 6) is 0. The van der Waals surface area contributed by atoms with E-state index in [1.165, 1.54) is 54.2 Å². The van der Waals surface area contributed by atoms with Crippen molar-refractivity contribution in [3.8, 4) is 0 Å². The summed E-state index contributed by atoms with van der Waals surface area (Å²) in [5, 5.41) is 4.44. The molecule has 0 saturated carbocycles. The van der Waals surface area contributed by atoms with Crippen molar-refractivity contribution >= 4 is 42.2 Å². The van der Waals surface area contributed by atoms with Crippen molar-refractivity contribution in [2.45, 2.75) is 51.2 Å². The zero-order valence-electron chi connectivity index (χ0n) is 20.0. The molecule has 3 aromatic carbocycles. The molecule has 0 aromatic heterocycles. The van der Waals surface area contributed by atoms with Gasteiger partial charge in [-0.05, 0) is 0 Å². The van der Waals surface area contributed by atoms with Gasteiger partial charge in [-0.2, -0.15) is 0 Å². The molecule has 3 rings (SSSR count). The van der Waals surface area contributed by atoms with E-state index in [0.717, 1.165) is 12.8 Å². The molecule has 0 N–H and O–H groups in total. The van der Waals surface area contributed by atoms with E-state index < -0.39 is 4.25 Å². The molecule has 0 bridgehead atoms. The molecule has 33 heavy (non-hydrogen) atoms. The molecule has 3 aromatic rings. The van der Waals surface area contributed by atoms with Crippen LogP contribution in [0.1, 0.15) is 44.9 Å². The van der Waals surface area contributed by atoms with Crippen LogP contribution in [-0.4, -0.2) is 26.7 Å². The summed E-state index contributed by atoms with van der Waals surface area (Å²) in [4.78, 5) is 0. The molecule has 0 fully saturated rings. The van der Waals surface area contributed by atoms with Crippen LogP contribution in [0, 0.1) is 0 Å². The Morgan fingerprint density at radius 3 is 1.33 bits per heavy atom. The molecule has 0 aliphatic rings. The van der Waals surface area contributed by atoms with Gasteiger partial charge in [0.25, 0.3) is 0 Å². The van der Waals surface area contributed by atoms with Crippen molar-refractivity contribution < 1.29 is 9.47 Å². The summed E-state index contributed by atoms with van der Waals surface area (Å²) in [6, 6.07) is 33.7. The van der Waals surface area contributed by atoms with Crippen LogP contribution < -0.4 is 15.9 Å². The van der Waals surface area contributed by atoms with Gasteiger partial charge in [0, 0.05) is 0 Å². The van der Waals surface area contributed by atoms with E-state index in [1.807, 2.05) is 0 Å². The minimum atomic E-state index is -2.60. The number of methoxy groups -OCH3 is 2. The molecule has 0 aliphatic carbocycles. The number of rotatable bonds is 14. The predicted octanol–water partition coefficient (Wildman–Crippen LogP) is 7.22. The van der Waals surface area contributed by atoms with Gasteiger partial charge in [0.15, 0.2) is 0 Å². The Bertz CT molecular complexity index is 830. The Kier molecular flexibility index (Phi) is 10.4. The van der Waals surface area contributed by atoms with Crippen molar-refractivity contribution in [1.82, 2.24) is 0 Å². The molecule has 0 amide bonds. The molecule has 0 unspecified atom stereocenters. The maximum absolute atomic E-state index is 5.30. The van der Waals surface area contributed by atoms with E-state index in [0.29, 0.717) is 0 Å². The van der Waals surface area contributed by atoms with E-state index >= 15 is 0 Å². The molecular formula is C29H38IO2P. The molecule has 0 atom stereocenters. The summed E-state index contributed by atoms with van der Waals surface area (Å²) in [5.41, 5.74) is 0. The van der Waals surface area contributed by atoms with Crippen LogP contribution in [0.25, 0.3) is 0 Å². The minimum absolute atomic E-state index is 0.0576. The fraction of sp³-hybridized carbons (Fsp3) is 0.379. The second-order valence-electron chi connectivity index (χ2n) is 8.72. The Hall–Kier alpha value is -1.26. The predicted molar refractivity (Wildman–Crippen MR) is 154 cm³/mol. The first-order valence-corrected chi connectivity index (χ1v) is 17.3. The third-order valence-corrected chi connectivity index (χ3v) is 18.4. The average molecular weight is 576 g/mol.